The van der Waals surface area contributed by atoms with Crippen molar-refractivity contribution in [3.05, 3.63) is 34.9 Å². The quantitative estimate of drug-likeness (QED) is 0.790. The van der Waals surface area contributed by atoms with Gasteiger partial charge in [-0.25, -0.2) is 0 Å². The zero-order chi connectivity index (χ0) is 14.4. The van der Waals surface area contributed by atoms with E-state index in [1.807, 2.05) is 12.1 Å². The van der Waals surface area contributed by atoms with Crippen LogP contribution in [0.25, 0.3) is 0 Å². The first-order valence-corrected chi connectivity index (χ1v) is 7.32. The minimum absolute atomic E-state index is 0. The number of halogens is 1. The van der Waals surface area contributed by atoms with Gasteiger partial charge in [0, 0.05) is 31.5 Å². The molecule has 116 valence electrons. The van der Waals surface area contributed by atoms with E-state index in [0.717, 1.165) is 18.4 Å². The summed E-state index contributed by atoms with van der Waals surface area (Å²) in [5, 5.41) is 2.67. The van der Waals surface area contributed by atoms with E-state index >= 15 is 0 Å². The second kappa shape index (κ2) is 8.80. The van der Waals surface area contributed by atoms with Crippen LogP contribution in [0.5, 0.6) is 0 Å². The Morgan fingerprint density at radius 3 is 2.52 bits per heavy atom. The van der Waals surface area contributed by atoms with E-state index in [4.69, 9.17) is 5.73 Å². The van der Waals surface area contributed by atoms with E-state index in [0.29, 0.717) is 13.1 Å². The van der Waals surface area contributed by atoms with Crippen molar-refractivity contribution < 1.29 is 9.59 Å². The van der Waals surface area contributed by atoms with Crippen LogP contribution in [0.4, 0.5) is 0 Å². The number of rotatable bonds is 6. The fourth-order valence-electron chi connectivity index (χ4n) is 2.58. The largest absolute Gasteiger partial charge is 0.355 e. The Morgan fingerprint density at radius 2 is 1.81 bits per heavy atom. The van der Waals surface area contributed by atoms with Gasteiger partial charge in [0.15, 0.2) is 5.78 Å². The fraction of sp³-hybridized carbons (Fsp3) is 0.500. The Hall–Kier alpha value is -1.39. The first-order chi connectivity index (χ1) is 9.70. The smallest absolute Gasteiger partial charge is 0.220 e. The minimum atomic E-state index is -0.109. The third-order valence-corrected chi connectivity index (χ3v) is 3.72. The van der Waals surface area contributed by atoms with Gasteiger partial charge in [0.25, 0.3) is 0 Å². The van der Waals surface area contributed by atoms with Crippen molar-refractivity contribution >= 4 is 24.1 Å². The summed E-state index contributed by atoms with van der Waals surface area (Å²) in [5.41, 5.74) is 8.71. The van der Waals surface area contributed by atoms with Gasteiger partial charge in [-0.1, -0.05) is 12.1 Å². The first kappa shape index (κ1) is 17.7. The Bertz CT molecular complexity index is 503. The molecule has 0 saturated carbocycles. The van der Waals surface area contributed by atoms with Gasteiger partial charge >= 0.3 is 0 Å². The Labute approximate surface area is 131 Å². The molecule has 0 fully saturated rings. The summed E-state index contributed by atoms with van der Waals surface area (Å²) in [5.74, 6) is -0.0666. The number of fused-ring (bicyclic) bond motifs is 1. The van der Waals surface area contributed by atoms with Crippen LogP contribution in [0.1, 0.15) is 47.2 Å². The first-order valence-electron chi connectivity index (χ1n) is 7.32. The van der Waals surface area contributed by atoms with Crippen LogP contribution in [0.2, 0.25) is 0 Å². The second-order valence-electron chi connectivity index (χ2n) is 5.25. The SMILES string of the molecule is Cl.NCCNC(=O)CCC(=O)c1ccc2c(c1)CCCC2. The molecule has 0 heterocycles. The molecule has 1 aliphatic carbocycles. The van der Waals surface area contributed by atoms with E-state index < -0.39 is 0 Å². The van der Waals surface area contributed by atoms with Crippen molar-refractivity contribution in [2.75, 3.05) is 13.1 Å². The normalized spacial score (nSPS) is 13.0. The Kier molecular flexibility index (Phi) is 7.40. The summed E-state index contributed by atoms with van der Waals surface area (Å²) in [6, 6.07) is 5.97. The van der Waals surface area contributed by atoms with Crippen molar-refractivity contribution in [2.45, 2.75) is 38.5 Å². The average Bonchev–Trinajstić information content (AvgIpc) is 2.50. The molecule has 0 aliphatic heterocycles. The van der Waals surface area contributed by atoms with Crippen LogP contribution in [0, 0.1) is 0 Å². The number of Topliss-reactive ketones (excluding diaryl/α,β-unsaturated/α-hetero) is 1. The topological polar surface area (TPSA) is 72.2 Å². The zero-order valence-electron chi connectivity index (χ0n) is 12.2. The number of benzene rings is 1. The van der Waals surface area contributed by atoms with Gasteiger partial charge in [-0.05, 0) is 42.9 Å². The van der Waals surface area contributed by atoms with Crippen molar-refractivity contribution in [3.63, 3.8) is 0 Å². The maximum Gasteiger partial charge on any atom is 0.220 e. The molecule has 5 heteroatoms. The minimum Gasteiger partial charge on any atom is -0.355 e. The number of ketones is 1. The molecule has 3 N–H and O–H groups in total. The molecule has 2 rings (SSSR count). The monoisotopic (exact) mass is 310 g/mol. The van der Waals surface area contributed by atoms with Gasteiger partial charge in [-0.3, -0.25) is 9.59 Å². The zero-order valence-corrected chi connectivity index (χ0v) is 13.0. The van der Waals surface area contributed by atoms with Crippen molar-refractivity contribution in [1.82, 2.24) is 5.32 Å². The van der Waals surface area contributed by atoms with Gasteiger partial charge in [-0.15, -0.1) is 12.4 Å². The number of carbonyl (C=O) groups is 2. The lowest BCUT2D eigenvalue weighted by atomic mass is 9.89. The van der Waals surface area contributed by atoms with E-state index in [2.05, 4.69) is 11.4 Å². The molecule has 0 atom stereocenters. The number of hydrogen-bond acceptors (Lipinski definition) is 3. The molecule has 1 aromatic carbocycles. The fourth-order valence-corrected chi connectivity index (χ4v) is 2.58. The molecule has 21 heavy (non-hydrogen) atoms. The standard InChI is InChI=1S/C16H22N2O2.ClH/c17-9-10-18-16(20)8-7-15(19)14-6-5-12-3-1-2-4-13(12)11-14;/h5-6,11H,1-4,7-10,17H2,(H,18,20);1H. The molecule has 1 aliphatic rings. The molecular formula is C16H23ClN2O2. The predicted molar refractivity (Wildman–Crippen MR) is 86.0 cm³/mol. The van der Waals surface area contributed by atoms with Crippen LogP contribution in [0.15, 0.2) is 18.2 Å². The number of carbonyl (C=O) groups excluding carboxylic acids is 2. The van der Waals surface area contributed by atoms with E-state index in [1.165, 1.54) is 24.0 Å². The summed E-state index contributed by atoms with van der Waals surface area (Å²) in [7, 11) is 0. The number of nitrogens with one attached hydrogen (secondary N) is 1. The van der Waals surface area contributed by atoms with Gasteiger partial charge in [0.1, 0.15) is 0 Å². The molecule has 0 unspecified atom stereocenters. The van der Waals surface area contributed by atoms with Crippen LogP contribution in [0.3, 0.4) is 0 Å². The molecule has 1 amide bonds. The third kappa shape index (κ3) is 5.14. The maximum atomic E-state index is 12.1. The summed E-state index contributed by atoms with van der Waals surface area (Å²) in [4.78, 5) is 23.6. The lowest BCUT2D eigenvalue weighted by Gasteiger charge is -2.16. The van der Waals surface area contributed by atoms with E-state index in [-0.39, 0.29) is 36.9 Å². The van der Waals surface area contributed by atoms with Crippen LogP contribution in [-0.4, -0.2) is 24.8 Å². The summed E-state index contributed by atoms with van der Waals surface area (Å²) >= 11 is 0. The summed E-state index contributed by atoms with van der Waals surface area (Å²) in [6.45, 7) is 0.885. The van der Waals surface area contributed by atoms with Crippen molar-refractivity contribution in [2.24, 2.45) is 5.73 Å². The summed E-state index contributed by atoms with van der Waals surface area (Å²) < 4.78 is 0. The maximum absolute atomic E-state index is 12.1. The van der Waals surface area contributed by atoms with Gasteiger partial charge in [0.2, 0.25) is 5.91 Å². The number of aryl methyl sites for hydroxylation is 2. The molecule has 0 spiro atoms. The highest BCUT2D eigenvalue weighted by molar-refractivity contribution is 5.98. The number of nitrogens with two attached hydrogens (primary N) is 1. The number of amides is 1. The Morgan fingerprint density at radius 1 is 1.10 bits per heavy atom. The van der Waals surface area contributed by atoms with Crippen LogP contribution in [-0.2, 0) is 17.6 Å². The molecule has 4 nitrogen and oxygen atoms in total. The molecule has 1 aromatic rings. The number of hydrogen-bond donors (Lipinski definition) is 2. The second-order valence-corrected chi connectivity index (χ2v) is 5.25. The molecule has 0 aromatic heterocycles. The molecule has 0 bridgehead atoms. The highest BCUT2D eigenvalue weighted by Crippen LogP contribution is 2.22. The molecule has 0 saturated heterocycles. The van der Waals surface area contributed by atoms with Crippen LogP contribution < -0.4 is 11.1 Å². The van der Waals surface area contributed by atoms with Gasteiger partial charge < -0.3 is 11.1 Å². The highest BCUT2D eigenvalue weighted by atomic mass is 35.5. The summed E-state index contributed by atoms with van der Waals surface area (Å²) in [6.07, 6.45) is 5.11. The third-order valence-electron chi connectivity index (χ3n) is 3.72. The van der Waals surface area contributed by atoms with E-state index in [9.17, 15) is 9.59 Å². The highest BCUT2D eigenvalue weighted by Gasteiger charge is 2.13. The van der Waals surface area contributed by atoms with Crippen molar-refractivity contribution in [1.29, 1.82) is 0 Å². The average molecular weight is 311 g/mol. The molecular weight excluding hydrogens is 288 g/mol. The van der Waals surface area contributed by atoms with Gasteiger partial charge in [0.05, 0.1) is 0 Å². The molecule has 0 radical (unpaired) electrons. The lowest BCUT2D eigenvalue weighted by Crippen LogP contribution is -2.29. The van der Waals surface area contributed by atoms with Crippen LogP contribution >= 0.6 is 12.4 Å². The van der Waals surface area contributed by atoms with Gasteiger partial charge in [-0.2, -0.15) is 0 Å². The van der Waals surface area contributed by atoms with E-state index in [1.54, 1.807) is 0 Å². The predicted octanol–water partition coefficient (Wildman–Crippen LogP) is 2.03. The van der Waals surface area contributed by atoms with Crippen molar-refractivity contribution in [3.8, 4) is 0 Å². The lowest BCUT2D eigenvalue weighted by molar-refractivity contribution is -0.121. The Balaban J connectivity index is 0.00000220.